The third kappa shape index (κ3) is 3.61. The minimum absolute atomic E-state index is 0.111. The van der Waals surface area contributed by atoms with Gasteiger partial charge in [-0.05, 0) is 65.4 Å². The Kier molecular flexibility index (Phi) is 4.70. The maximum absolute atomic E-state index is 12.0. The number of benzene rings is 1. The van der Waals surface area contributed by atoms with Crippen LogP contribution in [0.3, 0.4) is 0 Å². The van der Waals surface area contributed by atoms with Gasteiger partial charge in [-0.3, -0.25) is 4.79 Å². The highest BCUT2D eigenvalue weighted by Gasteiger charge is 2.27. The van der Waals surface area contributed by atoms with E-state index in [1.165, 1.54) is 11.8 Å². The summed E-state index contributed by atoms with van der Waals surface area (Å²) in [5.74, 6) is 0.561. The molecule has 0 aliphatic carbocycles. The Balaban J connectivity index is 1.73. The number of carbonyl (C=O) groups is 1. The van der Waals surface area contributed by atoms with Crippen molar-refractivity contribution in [2.45, 2.75) is 12.4 Å². The molecular formula is C15H12ClIN2O2S. The lowest BCUT2D eigenvalue weighted by atomic mass is 10.2. The van der Waals surface area contributed by atoms with Gasteiger partial charge in [0.1, 0.15) is 5.76 Å². The summed E-state index contributed by atoms with van der Waals surface area (Å²) in [4.78, 5) is 12.6. The van der Waals surface area contributed by atoms with Gasteiger partial charge in [0.2, 0.25) is 0 Å². The molecule has 0 radical (unpaired) electrons. The third-order valence-corrected chi connectivity index (χ3v) is 4.92. The highest BCUT2D eigenvalue weighted by Crippen LogP contribution is 2.31. The molecule has 2 N–H and O–H groups in total. The van der Waals surface area contributed by atoms with Crippen LogP contribution in [0.5, 0.6) is 0 Å². The molecule has 2 heterocycles. The standard InChI is InChI=1S/C15H12ClIN2O2S/c1-8-6-9(16)2-4-11(8)18-15-19-14(20)12(22-15)7-10-3-5-13(17)21-10/h2-7,15,18H,1H3,(H,19,20)/b12-7-. The number of aryl methyl sites for hydroxylation is 1. The van der Waals surface area contributed by atoms with E-state index < -0.39 is 0 Å². The fourth-order valence-corrected chi connectivity index (χ4v) is 3.65. The maximum atomic E-state index is 12.0. The molecule has 1 aromatic heterocycles. The lowest BCUT2D eigenvalue weighted by molar-refractivity contribution is -0.116. The third-order valence-electron chi connectivity index (χ3n) is 3.07. The molecule has 3 rings (SSSR count). The number of thioether (sulfide) groups is 1. The SMILES string of the molecule is Cc1cc(Cl)ccc1NC1NC(=O)/C(=C/c2ccc(I)o2)S1. The molecule has 7 heteroatoms. The van der Waals surface area contributed by atoms with E-state index in [0.29, 0.717) is 15.7 Å². The van der Waals surface area contributed by atoms with Crippen molar-refractivity contribution >= 4 is 63.6 Å². The number of anilines is 1. The number of carbonyl (C=O) groups excluding carboxylic acids is 1. The van der Waals surface area contributed by atoms with Crippen molar-refractivity contribution in [3.05, 3.63) is 55.4 Å². The van der Waals surface area contributed by atoms with Crippen molar-refractivity contribution in [1.82, 2.24) is 5.32 Å². The van der Waals surface area contributed by atoms with E-state index in [9.17, 15) is 4.79 Å². The van der Waals surface area contributed by atoms with Crippen molar-refractivity contribution in [1.29, 1.82) is 0 Å². The fraction of sp³-hybridized carbons (Fsp3) is 0.133. The molecule has 1 fully saturated rings. The van der Waals surface area contributed by atoms with Crippen LogP contribution in [0.25, 0.3) is 6.08 Å². The van der Waals surface area contributed by atoms with Crippen LogP contribution in [0.4, 0.5) is 5.69 Å². The average molecular weight is 447 g/mol. The number of amides is 1. The minimum Gasteiger partial charge on any atom is -0.451 e. The number of halogens is 2. The molecule has 1 aliphatic rings. The summed E-state index contributed by atoms with van der Waals surface area (Å²) in [5.41, 5.74) is 1.75. The van der Waals surface area contributed by atoms with Crippen LogP contribution in [0.15, 0.2) is 39.7 Å². The van der Waals surface area contributed by atoms with Gasteiger partial charge in [-0.1, -0.05) is 23.4 Å². The van der Waals surface area contributed by atoms with Crippen molar-refractivity contribution in [3.63, 3.8) is 0 Å². The number of hydrogen-bond acceptors (Lipinski definition) is 4. The molecule has 22 heavy (non-hydrogen) atoms. The first-order valence-electron chi connectivity index (χ1n) is 6.48. The molecule has 1 atom stereocenters. The zero-order valence-corrected chi connectivity index (χ0v) is 15.3. The van der Waals surface area contributed by atoms with Gasteiger partial charge < -0.3 is 15.1 Å². The van der Waals surface area contributed by atoms with Gasteiger partial charge in [0.15, 0.2) is 9.26 Å². The monoisotopic (exact) mass is 446 g/mol. The van der Waals surface area contributed by atoms with E-state index >= 15 is 0 Å². The molecule has 1 saturated heterocycles. The topological polar surface area (TPSA) is 54.3 Å². The summed E-state index contributed by atoms with van der Waals surface area (Å²) in [6, 6.07) is 9.30. The van der Waals surface area contributed by atoms with Gasteiger partial charge in [-0.25, -0.2) is 0 Å². The van der Waals surface area contributed by atoms with Crippen LogP contribution in [-0.2, 0) is 4.79 Å². The van der Waals surface area contributed by atoms with Crippen molar-refractivity contribution in [2.75, 3.05) is 5.32 Å². The second-order valence-electron chi connectivity index (χ2n) is 4.73. The Morgan fingerprint density at radius 1 is 1.41 bits per heavy atom. The predicted molar refractivity (Wildman–Crippen MR) is 98.7 cm³/mol. The molecule has 1 amide bonds. The van der Waals surface area contributed by atoms with Crippen LogP contribution in [0.2, 0.25) is 5.02 Å². The van der Waals surface area contributed by atoms with Crippen molar-refractivity contribution in [3.8, 4) is 0 Å². The van der Waals surface area contributed by atoms with E-state index in [1.54, 1.807) is 6.08 Å². The molecule has 0 saturated carbocycles. The van der Waals surface area contributed by atoms with Gasteiger partial charge in [-0.15, -0.1) is 0 Å². The summed E-state index contributed by atoms with van der Waals surface area (Å²) in [6.07, 6.45) is 1.75. The second kappa shape index (κ2) is 6.55. The van der Waals surface area contributed by atoms with Crippen LogP contribution < -0.4 is 10.6 Å². The molecule has 2 aromatic rings. The number of hydrogen-bond donors (Lipinski definition) is 2. The molecule has 4 nitrogen and oxygen atoms in total. The lowest BCUT2D eigenvalue weighted by Crippen LogP contribution is -2.31. The highest BCUT2D eigenvalue weighted by atomic mass is 127. The molecule has 114 valence electrons. The predicted octanol–water partition coefficient (Wildman–Crippen LogP) is 4.45. The Morgan fingerprint density at radius 3 is 2.91 bits per heavy atom. The molecule has 1 aliphatic heterocycles. The van der Waals surface area contributed by atoms with E-state index in [4.69, 9.17) is 16.0 Å². The molecule has 0 spiro atoms. The van der Waals surface area contributed by atoms with E-state index in [1.807, 2.05) is 37.3 Å². The van der Waals surface area contributed by atoms with Crippen LogP contribution in [-0.4, -0.2) is 11.4 Å². The normalized spacial score (nSPS) is 19.5. The zero-order valence-electron chi connectivity index (χ0n) is 11.5. The van der Waals surface area contributed by atoms with Crippen molar-refractivity contribution in [2.24, 2.45) is 0 Å². The van der Waals surface area contributed by atoms with Gasteiger partial charge >= 0.3 is 0 Å². The largest absolute Gasteiger partial charge is 0.451 e. The summed E-state index contributed by atoms with van der Waals surface area (Å²) < 4.78 is 6.25. The van der Waals surface area contributed by atoms with Gasteiger partial charge in [0.05, 0.1) is 4.91 Å². The summed E-state index contributed by atoms with van der Waals surface area (Å²) in [5, 5.41) is 6.87. The zero-order chi connectivity index (χ0) is 15.7. The fourth-order valence-electron chi connectivity index (χ4n) is 2.03. The van der Waals surface area contributed by atoms with Crippen LogP contribution in [0, 0.1) is 10.7 Å². The number of rotatable bonds is 3. The Hall–Kier alpha value is -1.12. The molecule has 1 aromatic carbocycles. The smallest absolute Gasteiger partial charge is 0.260 e. The first-order valence-corrected chi connectivity index (χ1v) is 8.82. The number of nitrogens with one attached hydrogen (secondary N) is 2. The molecule has 0 bridgehead atoms. The van der Waals surface area contributed by atoms with Gasteiger partial charge in [0.25, 0.3) is 5.91 Å². The van der Waals surface area contributed by atoms with Gasteiger partial charge in [0, 0.05) is 16.8 Å². The summed E-state index contributed by atoms with van der Waals surface area (Å²) in [6.45, 7) is 1.97. The quantitative estimate of drug-likeness (QED) is 0.540. The highest BCUT2D eigenvalue weighted by molar-refractivity contribution is 14.1. The van der Waals surface area contributed by atoms with E-state index in [0.717, 1.165) is 15.0 Å². The molecular weight excluding hydrogens is 435 g/mol. The lowest BCUT2D eigenvalue weighted by Gasteiger charge is -2.14. The Morgan fingerprint density at radius 2 is 2.23 bits per heavy atom. The minimum atomic E-state index is -0.215. The first-order chi connectivity index (χ1) is 10.5. The summed E-state index contributed by atoms with van der Waals surface area (Å²) >= 11 is 9.47. The number of furan rings is 1. The Labute approximate surface area is 150 Å². The summed E-state index contributed by atoms with van der Waals surface area (Å²) in [7, 11) is 0. The first kappa shape index (κ1) is 15.8. The Bertz CT molecular complexity index is 760. The average Bonchev–Trinajstić information content (AvgIpc) is 3.00. The van der Waals surface area contributed by atoms with Crippen LogP contribution in [0.1, 0.15) is 11.3 Å². The van der Waals surface area contributed by atoms with Crippen LogP contribution >= 0.6 is 46.0 Å². The second-order valence-corrected chi connectivity index (χ2v) is 7.37. The van der Waals surface area contributed by atoms with E-state index in [2.05, 4.69) is 33.2 Å². The maximum Gasteiger partial charge on any atom is 0.260 e. The molecule has 1 unspecified atom stereocenters. The van der Waals surface area contributed by atoms with Crippen molar-refractivity contribution < 1.29 is 9.21 Å². The van der Waals surface area contributed by atoms with Gasteiger partial charge in [-0.2, -0.15) is 0 Å². The van der Waals surface area contributed by atoms with E-state index in [-0.39, 0.29) is 11.4 Å².